The van der Waals surface area contributed by atoms with Crippen molar-refractivity contribution >= 4 is 52.4 Å². The lowest BCUT2D eigenvalue weighted by atomic mass is 9.81. The SMILES string of the molecule is CC[C@@]1(O)C(=O)OCc2c1cc1n(c2=O)Cc2c-1nc1cc(F)c(C)c3c1c2[C@@H](NC(=O)CNC(=O)[C@H](Cc1ccccc1)NC(=O)CNC(=O)CNC(=O)[C@@H](N)CC(=O)OC(C)(C)C)CC3. The summed E-state index contributed by atoms with van der Waals surface area (Å²) in [7, 11) is 0. The Bertz CT molecular complexity index is 2770. The normalized spacial score (nSPS) is 17.7. The third-order valence-electron chi connectivity index (χ3n) is 12.1. The van der Waals surface area contributed by atoms with E-state index in [2.05, 4.69) is 26.6 Å². The molecular formula is C47H53FN8O11. The third kappa shape index (κ3) is 10.0. The minimum Gasteiger partial charge on any atom is -0.460 e. The predicted molar refractivity (Wildman–Crippen MR) is 238 cm³/mol. The zero-order chi connectivity index (χ0) is 48.5. The lowest BCUT2D eigenvalue weighted by Crippen LogP contribution is -2.52. The second kappa shape index (κ2) is 19.0. The number of aromatic nitrogens is 2. The Kier molecular flexibility index (Phi) is 13.6. The molecule has 0 radical (unpaired) electrons. The monoisotopic (exact) mass is 924 g/mol. The topological polar surface area (TPSA) is 279 Å². The quantitative estimate of drug-likeness (QED) is 0.0716. The summed E-state index contributed by atoms with van der Waals surface area (Å²) in [4.78, 5) is 109. The van der Waals surface area contributed by atoms with Crippen molar-refractivity contribution in [2.75, 3.05) is 19.6 Å². The lowest BCUT2D eigenvalue weighted by Gasteiger charge is -2.31. The van der Waals surface area contributed by atoms with Crippen LogP contribution < -0.4 is 37.9 Å². The van der Waals surface area contributed by atoms with Crippen molar-refractivity contribution in [3.8, 4) is 11.4 Å². The number of rotatable bonds is 15. The maximum absolute atomic E-state index is 15.4. The summed E-state index contributed by atoms with van der Waals surface area (Å²) in [5.41, 5.74) is 6.71. The van der Waals surface area contributed by atoms with Crippen LogP contribution in [0.3, 0.4) is 0 Å². The van der Waals surface area contributed by atoms with Gasteiger partial charge in [-0.25, -0.2) is 14.2 Å². The fraction of sp³-hybridized carbons (Fsp3) is 0.426. The van der Waals surface area contributed by atoms with Gasteiger partial charge in [0.25, 0.3) is 5.56 Å². The van der Waals surface area contributed by atoms with Crippen molar-refractivity contribution < 1.29 is 52.5 Å². The van der Waals surface area contributed by atoms with E-state index in [1.54, 1.807) is 71.0 Å². The van der Waals surface area contributed by atoms with Gasteiger partial charge in [0.05, 0.1) is 67.2 Å². The fourth-order valence-electron chi connectivity index (χ4n) is 8.73. The number of benzene rings is 2. The summed E-state index contributed by atoms with van der Waals surface area (Å²) >= 11 is 0. The number of hydrogen-bond acceptors (Lipinski definition) is 13. The van der Waals surface area contributed by atoms with E-state index < -0.39 is 108 Å². The minimum absolute atomic E-state index is 0.0231. The standard InChI is InChI=1S/C47H53FN8O11/c1-6-47(65)28-15-34-41-26(21-56(34)44(63)27(28)22-66-45(47)64)40-31(13-12-25-23(2)29(48)16-32(55-41)39(25)40)53-37(59)20-52-43(62)33(14-24-10-8-7-9-11-24)54-36(58)19-50-35(57)18-51-42(61)30(49)17-38(60)67-46(3,4)5/h7-11,15-16,30-31,33,65H,6,12-14,17-22,49H2,1-5H3,(H,50,57)(H,51,61)(H,52,62)(H,53,59)(H,54,58)/t30-,31-,33-,47-/m0/s1. The molecule has 8 N–H and O–H groups in total. The Morgan fingerprint density at radius 1 is 0.970 bits per heavy atom. The van der Waals surface area contributed by atoms with E-state index in [0.717, 1.165) is 0 Å². The van der Waals surface area contributed by atoms with Gasteiger partial charge in [0.1, 0.15) is 24.1 Å². The lowest BCUT2D eigenvalue weighted by molar-refractivity contribution is -0.172. The number of carbonyl (C=O) groups is 7. The summed E-state index contributed by atoms with van der Waals surface area (Å²) in [6.07, 6.45) is 0.270. The molecule has 2 aliphatic heterocycles. The number of aliphatic hydroxyl groups is 1. The first-order valence-corrected chi connectivity index (χ1v) is 21.9. The number of pyridine rings is 2. The van der Waals surface area contributed by atoms with Gasteiger partial charge in [-0.1, -0.05) is 37.3 Å². The average molecular weight is 925 g/mol. The van der Waals surface area contributed by atoms with Gasteiger partial charge in [0.15, 0.2) is 5.60 Å². The number of cyclic esters (lactones) is 1. The van der Waals surface area contributed by atoms with Crippen LogP contribution in [0, 0.1) is 12.7 Å². The Hall–Kier alpha value is -7.06. The maximum atomic E-state index is 15.4. The van der Waals surface area contributed by atoms with Gasteiger partial charge in [0.2, 0.25) is 29.5 Å². The molecule has 67 heavy (non-hydrogen) atoms. The molecule has 3 aliphatic rings. The van der Waals surface area contributed by atoms with Crippen molar-refractivity contribution in [2.45, 2.75) is 109 Å². The molecule has 19 nitrogen and oxygen atoms in total. The second-order valence-electron chi connectivity index (χ2n) is 17.9. The van der Waals surface area contributed by atoms with E-state index in [9.17, 15) is 43.5 Å². The number of carbonyl (C=O) groups excluding carboxylic acids is 7. The summed E-state index contributed by atoms with van der Waals surface area (Å²) in [5, 5.41) is 24.9. The van der Waals surface area contributed by atoms with Crippen LogP contribution in [0.25, 0.3) is 22.3 Å². The molecule has 0 fully saturated rings. The highest BCUT2D eigenvalue weighted by Crippen LogP contribution is 2.46. The van der Waals surface area contributed by atoms with Crippen molar-refractivity contribution in [3.05, 3.63) is 97.6 Å². The van der Waals surface area contributed by atoms with Gasteiger partial charge in [-0.05, 0) is 75.3 Å². The molecule has 4 heterocycles. The van der Waals surface area contributed by atoms with Crippen molar-refractivity contribution in [3.63, 3.8) is 0 Å². The molecule has 2 aromatic carbocycles. The Balaban J connectivity index is 1.03. The summed E-state index contributed by atoms with van der Waals surface area (Å²) < 4.78 is 27.2. The molecule has 4 aromatic rings. The van der Waals surface area contributed by atoms with Crippen LogP contribution in [0.2, 0.25) is 0 Å². The number of nitrogens with one attached hydrogen (secondary N) is 5. The number of esters is 2. The van der Waals surface area contributed by atoms with Crippen LogP contribution in [-0.4, -0.2) is 93.5 Å². The zero-order valence-electron chi connectivity index (χ0n) is 37.7. The van der Waals surface area contributed by atoms with E-state index in [0.29, 0.717) is 62.9 Å². The van der Waals surface area contributed by atoms with Gasteiger partial charge >= 0.3 is 11.9 Å². The molecule has 0 unspecified atom stereocenters. The van der Waals surface area contributed by atoms with Gasteiger partial charge in [-0.2, -0.15) is 0 Å². The van der Waals surface area contributed by atoms with Gasteiger partial charge in [-0.3, -0.25) is 33.6 Å². The number of nitrogens with two attached hydrogens (primary N) is 1. The van der Waals surface area contributed by atoms with Crippen LogP contribution in [0.1, 0.15) is 91.9 Å². The summed E-state index contributed by atoms with van der Waals surface area (Å²) in [6.45, 7) is 6.33. The second-order valence-corrected chi connectivity index (χ2v) is 17.9. The average Bonchev–Trinajstić information content (AvgIpc) is 3.65. The predicted octanol–water partition coefficient (Wildman–Crippen LogP) is 0.766. The number of aryl methyl sites for hydroxylation is 1. The Labute approximate surface area is 383 Å². The van der Waals surface area contributed by atoms with Gasteiger partial charge in [0, 0.05) is 29.0 Å². The Morgan fingerprint density at radius 2 is 1.66 bits per heavy atom. The number of hydrogen-bond donors (Lipinski definition) is 7. The molecular weight excluding hydrogens is 872 g/mol. The number of halogens is 1. The fourth-order valence-corrected chi connectivity index (χ4v) is 8.73. The molecule has 0 spiro atoms. The van der Waals surface area contributed by atoms with Crippen LogP contribution in [0.15, 0.2) is 47.3 Å². The number of nitrogens with zero attached hydrogens (tertiary/aromatic N) is 2. The molecule has 20 heteroatoms. The van der Waals surface area contributed by atoms with E-state index in [4.69, 9.17) is 20.2 Å². The summed E-state index contributed by atoms with van der Waals surface area (Å²) in [5.74, 6) is -5.61. The maximum Gasteiger partial charge on any atom is 0.343 e. The Morgan fingerprint density at radius 3 is 2.36 bits per heavy atom. The molecule has 0 saturated heterocycles. The molecule has 0 bridgehead atoms. The highest BCUT2D eigenvalue weighted by Gasteiger charge is 2.46. The largest absolute Gasteiger partial charge is 0.460 e. The highest BCUT2D eigenvalue weighted by atomic mass is 19.1. The molecule has 1 aliphatic carbocycles. The number of fused-ring (bicyclic) bond motifs is 5. The molecule has 0 saturated carbocycles. The molecule has 5 amide bonds. The molecule has 354 valence electrons. The van der Waals surface area contributed by atoms with Crippen LogP contribution >= 0.6 is 0 Å². The third-order valence-corrected chi connectivity index (χ3v) is 12.1. The number of amides is 5. The first-order valence-electron chi connectivity index (χ1n) is 21.9. The van der Waals surface area contributed by atoms with E-state index >= 15 is 4.39 Å². The van der Waals surface area contributed by atoms with E-state index in [1.807, 2.05) is 0 Å². The molecule has 7 rings (SSSR count). The van der Waals surface area contributed by atoms with E-state index in [1.165, 1.54) is 10.6 Å². The minimum atomic E-state index is -2.06. The van der Waals surface area contributed by atoms with Gasteiger partial charge in [-0.15, -0.1) is 0 Å². The van der Waals surface area contributed by atoms with Crippen LogP contribution in [0.5, 0.6) is 0 Å². The first-order chi connectivity index (χ1) is 31.7. The highest BCUT2D eigenvalue weighted by molar-refractivity contribution is 5.96. The molecule has 4 atom stereocenters. The molecule has 2 aromatic heterocycles. The number of ether oxygens (including phenoxy) is 2. The smallest absolute Gasteiger partial charge is 0.343 e. The van der Waals surface area contributed by atoms with E-state index in [-0.39, 0.29) is 37.1 Å². The van der Waals surface area contributed by atoms with Gasteiger partial charge < -0.3 is 51.5 Å². The summed E-state index contributed by atoms with van der Waals surface area (Å²) in [6, 6.07) is 8.50. The van der Waals surface area contributed by atoms with Crippen molar-refractivity contribution in [2.24, 2.45) is 5.73 Å². The first kappa shape index (κ1) is 47.9. The van der Waals surface area contributed by atoms with Crippen LogP contribution in [-0.2, 0) is 74.6 Å². The van der Waals surface area contributed by atoms with Crippen molar-refractivity contribution in [1.29, 1.82) is 0 Å². The van der Waals surface area contributed by atoms with Crippen LogP contribution in [0.4, 0.5) is 4.39 Å². The zero-order valence-corrected chi connectivity index (χ0v) is 37.7. The van der Waals surface area contributed by atoms with Crippen molar-refractivity contribution in [1.82, 2.24) is 36.1 Å².